The third-order valence-corrected chi connectivity index (χ3v) is 7.74. The van der Waals surface area contributed by atoms with Crippen molar-refractivity contribution in [3.63, 3.8) is 0 Å². The molecule has 1 saturated heterocycles. The van der Waals surface area contributed by atoms with Crippen LogP contribution >= 0.6 is 11.3 Å². The standard InChI is InChI=1S/C24H27N3O3S/c1-30-17-10-8-16(9-11-17)23-22-18-6-2-3-7-19(18)31-24(22)27(20(28)14-25-23)15-21(29)26-12-4-5-13-26/h8-11H,2-7,12-15H2,1H3. The Kier molecular flexibility index (Phi) is 5.52. The van der Waals surface area contributed by atoms with Gasteiger partial charge in [-0.2, -0.15) is 0 Å². The Labute approximate surface area is 186 Å². The molecule has 162 valence electrons. The zero-order valence-corrected chi connectivity index (χ0v) is 18.7. The molecule has 0 N–H and O–H groups in total. The number of anilines is 1. The molecule has 1 aromatic heterocycles. The highest BCUT2D eigenvalue weighted by molar-refractivity contribution is 7.17. The van der Waals surface area contributed by atoms with Crippen LogP contribution < -0.4 is 9.64 Å². The summed E-state index contributed by atoms with van der Waals surface area (Å²) in [5, 5.41) is 0.900. The predicted molar refractivity (Wildman–Crippen MR) is 123 cm³/mol. The summed E-state index contributed by atoms with van der Waals surface area (Å²) in [6, 6.07) is 7.86. The monoisotopic (exact) mass is 437 g/mol. The molecule has 1 aliphatic carbocycles. The first-order valence-electron chi connectivity index (χ1n) is 11.1. The van der Waals surface area contributed by atoms with Crippen LogP contribution in [0.4, 0.5) is 5.00 Å². The number of methoxy groups -OCH3 is 1. The van der Waals surface area contributed by atoms with Crippen LogP contribution in [0.5, 0.6) is 5.75 Å². The van der Waals surface area contributed by atoms with E-state index in [0.717, 1.165) is 72.8 Å². The molecule has 2 amide bonds. The van der Waals surface area contributed by atoms with Crippen LogP contribution in [0.3, 0.4) is 0 Å². The smallest absolute Gasteiger partial charge is 0.249 e. The number of benzene rings is 1. The minimum atomic E-state index is -0.101. The van der Waals surface area contributed by atoms with Crippen molar-refractivity contribution in [2.24, 2.45) is 4.99 Å². The number of aliphatic imine (C=N–C) groups is 1. The fourth-order valence-electron chi connectivity index (χ4n) is 4.76. The Balaban J connectivity index is 1.57. The molecule has 0 bridgehead atoms. The van der Waals surface area contributed by atoms with Crippen LogP contribution in [0.1, 0.15) is 47.3 Å². The normalized spacial score (nSPS) is 18.4. The SMILES string of the molecule is COc1ccc(C2=NCC(=O)N(CC(=O)N3CCCC3)c3sc4c(c32)CCCC4)cc1. The Bertz CT molecular complexity index is 1040. The van der Waals surface area contributed by atoms with E-state index < -0.39 is 0 Å². The maximum absolute atomic E-state index is 13.2. The van der Waals surface area contributed by atoms with Gasteiger partial charge in [-0.05, 0) is 68.4 Å². The number of ether oxygens (including phenoxy) is 1. The molecular weight excluding hydrogens is 410 g/mol. The van der Waals surface area contributed by atoms with Gasteiger partial charge in [0, 0.05) is 29.1 Å². The lowest BCUT2D eigenvalue weighted by atomic mass is 9.91. The van der Waals surface area contributed by atoms with Crippen molar-refractivity contribution >= 4 is 33.9 Å². The summed E-state index contributed by atoms with van der Waals surface area (Å²) < 4.78 is 5.31. The van der Waals surface area contributed by atoms with E-state index in [0.29, 0.717) is 0 Å². The highest BCUT2D eigenvalue weighted by Crippen LogP contribution is 2.42. The van der Waals surface area contributed by atoms with E-state index in [1.54, 1.807) is 23.3 Å². The number of rotatable bonds is 4. The van der Waals surface area contributed by atoms with Gasteiger partial charge in [-0.3, -0.25) is 19.5 Å². The van der Waals surface area contributed by atoms with Gasteiger partial charge in [0.05, 0.1) is 12.8 Å². The number of amides is 2. The number of carbonyl (C=O) groups is 2. The van der Waals surface area contributed by atoms with Gasteiger partial charge < -0.3 is 9.64 Å². The maximum Gasteiger partial charge on any atom is 0.249 e. The molecule has 2 aliphatic heterocycles. The number of likely N-dealkylation sites (tertiary alicyclic amines) is 1. The Morgan fingerprint density at radius 1 is 1.10 bits per heavy atom. The van der Waals surface area contributed by atoms with Crippen LogP contribution in [0, 0.1) is 0 Å². The molecule has 0 unspecified atom stereocenters. The van der Waals surface area contributed by atoms with Crippen LogP contribution in [0.25, 0.3) is 0 Å². The lowest BCUT2D eigenvalue weighted by molar-refractivity contribution is -0.130. The van der Waals surface area contributed by atoms with Gasteiger partial charge in [0.2, 0.25) is 11.8 Å². The average Bonchev–Trinajstić information content (AvgIpc) is 3.44. The second-order valence-electron chi connectivity index (χ2n) is 8.35. The second-order valence-corrected chi connectivity index (χ2v) is 9.44. The van der Waals surface area contributed by atoms with Crippen molar-refractivity contribution in [3.8, 4) is 5.75 Å². The van der Waals surface area contributed by atoms with Crippen LogP contribution in [0.15, 0.2) is 29.3 Å². The highest BCUT2D eigenvalue weighted by atomic mass is 32.1. The van der Waals surface area contributed by atoms with E-state index in [1.807, 2.05) is 29.2 Å². The number of thiophene rings is 1. The van der Waals surface area contributed by atoms with Crippen molar-refractivity contribution in [2.45, 2.75) is 38.5 Å². The van der Waals surface area contributed by atoms with E-state index in [9.17, 15) is 9.59 Å². The summed E-state index contributed by atoms with van der Waals surface area (Å²) >= 11 is 1.68. The number of fused-ring (bicyclic) bond motifs is 3. The first-order valence-corrected chi connectivity index (χ1v) is 11.9. The molecule has 0 spiro atoms. The van der Waals surface area contributed by atoms with Gasteiger partial charge in [-0.1, -0.05) is 0 Å². The van der Waals surface area contributed by atoms with Gasteiger partial charge in [-0.25, -0.2) is 0 Å². The van der Waals surface area contributed by atoms with E-state index in [1.165, 1.54) is 16.9 Å². The first-order chi connectivity index (χ1) is 15.2. The van der Waals surface area contributed by atoms with Crippen molar-refractivity contribution < 1.29 is 14.3 Å². The molecule has 1 fully saturated rings. The fraction of sp³-hybridized carbons (Fsp3) is 0.458. The van der Waals surface area contributed by atoms with E-state index in [2.05, 4.69) is 0 Å². The van der Waals surface area contributed by atoms with Gasteiger partial charge >= 0.3 is 0 Å². The van der Waals surface area contributed by atoms with E-state index in [-0.39, 0.29) is 24.9 Å². The topological polar surface area (TPSA) is 62.2 Å². The summed E-state index contributed by atoms with van der Waals surface area (Å²) in [6.45, 7) is 1.76. The molecule has 6 nitrogen and oxygen atoms in total. The summed E-state index contributed by atoms with van der Waals surface area (Å²) in [6.07, 6.45) is 6.43. The highest BCUT2D eigenvalue weighted by Gasteiger charge is 2.34. The average molecular weight is 438 g/mol. The lowest BCUT2D eigenvalue weighted by Gasteiger charge is -2.23. The first kappa shape index (κ1) is 20.2. The fourth-order valence-corrected chi connectivity index (χ4v) is 6.16. The molecule has 0 atom stereocenters. The minimum absolute atomic E-state index is 0.0380. The van der Waals surface area contributed by atoms with Crippen molar-refractivity contribution in [3.05, 3.63) is 45.8 Å². The third-order valence-electron chi connectivity index (χ3n) is 6.42. The maximum atomic E-state index is 13.2. The molecule has 3 aliphatic rings. The molecule has 7 heteroatoms. The van der Waals surface area contributed by atoms with E-state index in [4.69, 9.17) is 9.73 Å². The zero-order valence-electron chi connectivity index (χ0n) is 17.9. The Morgan fingerprint density at radius 2 is 1.84 bits per heavy atom. The molecular formula is C24H27N3O3S. The van der Waals surface area contributed by atoms with Crippen molar-refractivity contribution in [1.82, 2.24) is 4.90 Å². The van der Waals surface area contributed by atoms with Crippen LogP contribution in [-0.2, 0) is 22.4 Å². The van der Waals surface area contributed by atoms with Crippen molar-refractivity contribution in [1.29, 1.82) is 0 Å². The quantitative estimate of drug-likeness (QED) is 0.736. The number of nitrogens with zero attached hydrogens (tertiary/aromatic N) is 3. The summed E-state index contributed by atoms with van der Waals surface area (Å²) in [5.41, 5.74) is 4.22. The van der Waals surface area contributed by atoms with Crippen LogP contribution in [-0.4, -0.2) is 55.7 Å². The predicted octanol–water partition coefficient (Wildman–Crippen LogP) is 3.44. The number of aryl methyl sites for hydroxylation is 1. The van der Waals surface area contributed by atoms with Gasteiger partial charge in [0.15, 0.2) is 0 Å². The minimum Gasteiger partial charge on any atom is -0.497 e. The van der Waals surface area contributed by atoms with Crippen molar-refractivity contribution in [2.75, 3.05) is 38.2 Å². The van der Waals surface area contributed by atoms with Gasteiger partial charge in [0.1, 0.15) is 23.8 Å². The number of hydrogen-bond acceptors (Lipinski definition) is 5. The molecule has 2 aromatic rings. The molecule has 3 heterocycles. The van der Waals surface area contributed by atoms with E-state index >= 15 is 0 Å². The zero-order chi connectivity index (χ0) is 21.4. The van der Waals surface area contributed by atoms with Crippen LogP contribution in [0.2, 0.25) is 0 Å². The molecule has 1 aromatic carbocycles. The largest absolute Gasteiger partial charge is 0.497 e. The van der Waals surface area contributed by atoms with Gasteiger partial charge in [-0.15, -0.1) is 11.3 Å². The van der Waals surface area contributed by atoms with Gasteiger partial charge in [0.25, 0.3) is 0 Å². The molecule has 0 saturated carbocycles. The summed E-state index contributed by atoms with van der Waals surface area (Å²) in [4.78, 5) is 35.8. The lowest BCUT2D eigenvalue weighted by Crippen LogP contribution is -2.42. The molecule has 5 rings (SSSR count). The summed E-state index contributed by atoms with van der Waals surface area (Å²) in [7, 11) is 1.65. The number of carbonyl (C=O) groups excluding carboxylic acids is 2. The Hall–Kier alpha value is -2.67. The second kappa shape index (κ2) is 8.46. The molecule has 0 radical (unpaired) electrons. The Morgan fingerprint density at radius 3 is 2.58 bits per heavy atom. The third kappa shape index (κ3) is 3.76. The summed E-state index contributed by atoms with van der Waals surface area (Å²) in [5.74, 6) is 0.728. The number of hydrogen-bond donors (Lipinski definition) is 0. The molecule has 31 heavy (non-hydrogen) atoms.